The second kappa shape index (κ2) is 5.73. The molecule has 0 radical (unpaired) electrons. The number of carboxylic acid groups (broad SMARTS) is 1. The number of nitriles is 1. The maximum absolute atomic E-state index is 12.3. The van der Waals surface area contributed by atoms with E-state index in [-0.39, 0.29) is 21.9 Å². The number of benzene rings is 1. The molecule has 0 aliphatic carbocycles. The van der Waals surface area contributed by atoms with Gasteiger partial charge in [-0.2, -0.15) is 5.26 Å². The molecule has 0 amide bonds. The molecule has 0 unspecified atom stereocenters. The molecule has 0 saturated carbocycles. The fourth-order valence-electron chi connectivity index (χ4n) is 1.75. The van der Waals surface area contributed by atoms with Crippen LogP contribution in [-0.4, -0.2) is 24.5 Å². The number of hydrogen-bond acceptors (Lipinski definition) is 5. The van der Waals surface area contributed by atoms with Gasteiger partial charge in [0.1, 0.15) is 11.8 Å². The van der Waals surface area contributed by atoms with Crippen molar-refractivity contribution in [2.45, 2.75) is 10.6 Å². The first-order valence-electron chi connectivity index (χ1n) is 5.83. The Kier molecular flexibility index (Phi) is 4.00. The highest BCUT2D eigenvalue weighted by Gasteiger charge is 2.17. The van der Waals surface area contributed by atoms with E-state index in [4.69, 9.17) is 10.4 Å². The van der Waals surface area contributed by atoms with Crippen LogP contribution in [0, 0.1) is 11.3 Å². The first-order valence-corrected chi connectivity index (χ1v) is 7.49. The van der Waals surface area contributed by atoms with E-state index in [0.29, 0.717) is 5.56 Å². The highest BCUT2D eigenvalue weighted by Crippen LogP contribution is 2.18. The highest BCUT2D eigenvalue weighted by atomic mass is 32.2. The van der Waals surface area contributed by atoms with Gasteiger partial charge in [0, 0.05) is 6.20 Å². The Labute approximate surface area is 121 Å². The molecule has 1 aromatic heterocycles. The molecule has 0 aliphatic heterocycles. The van der Waals surface area contributed by atoms with Crippen LogP contribution in [0.1, 0.15) is 21.6 Å². The summed E-state index contributed by atoms with van der Waals surface area (Å²) in [5, 5.41) is 17.6. The Morgan fingerprint density at radius 2 is 2.05 bits per heavy atom. The van der Waals surface area contributed by atoms with Gasteiger partial charge in [0.15, 0.2) is 9.84 Å². The number of rotatable bonds is 4. The van der Waals surface area contributed by atoms with E-state index in [2.05, 4.69) is 4.98 Å². The average Bonchev–Trinajstić information content (AvgIpc) is 2.47. The zero-order valence-corrected chi connectivity index (χ0v) is 11.5. The largest absolute Gasteiger partial charge is 0.478 e. The van der Waals surface area contributed by atoms with Gasteiger partial charge in [0.25, 0.3) is 0 Å². The van der Waals surface area contributed by atoms with Crippen LogP contribution in [-0.2, 0) is 15.6 Å². The molecule has 0 atom stereocenters. The van der Waals surface area contributed by atoms with Gasteiger partial charge in [-0.25, -0.2) is 18.2 Å². The molecule has 1 aromatic carbocycles. The fourth-order valence-corrected chi connectivity index (χ4v) is 3.13. The minimum Gasteiger partial charge on any atom is -0.478 e. The summed E-state index contributed by atoms with van der Waals surface area (Å²) >= 11 is 0. The molecule has 6 nitrogen and oxygen atoms in total. The zero-order chi connectivity index (χ0) is 15.5. The normalized spacial score (nSPS) is 10.8. The van der Waals surface area contributed by atoms with E-state index >= 15 is 0 Å². The Hall–Kier alpha value is -2.72. The van der Waals surface area contributed by atoms with Gasteiger partial charge < -0.3 is 5.11 Å². The Balaban J connectivity index is 2.36. The first kappa shape index (κ1) is 14.7. The molecule has 0 fully saturated rings. The van der Waals surface area contributed by atoms with Crippen molar-refractivity contribution < 1.29 is 18.3 Å². The molecule has 2 rings (SSSR count). The molecule has 0 spiro atoms. The van der Waals surface area contributed by atoms with Crippen LogP contribution in [0.4, 0.5) is 0 Å². The van der Waals surface area contributed by atoms with Gasteiger partial charge in [-0.3, -0.25) is 0 Å². The average molecular weight is 302 g/mol. The summed E-state index contributed by atoms with van der Waals surface area (Å²) in [5.74, 6) is -1.52. The minimum atomic E-state index is -3.69. The number of pyridine rings is 1. The van der Waals surface area contributed by atoms with Gasteiger partial charge in [-0.15, -0.1) is 0 Å². The number of aromatic nitrogens is 1. The smallest absolute Gasteiger partial charge is 0.335 e. The van der Waals surface area contributed by atoms with Gasteiger partial charge >= 0.3 is 5.97 Å². The first-order chi connectivity index (χ1) is 9.92. The van der Waals surface area contributed by atoms with Crippen molar-refractivity contribution in [2.75, 3.05) is 0 Å². The standard InChI is InChI=1S/C14H10N2O4S/c15-8-12-6-10(4-5-16-12)9-21(19,20)13-3-1-2-11(7-13)14(17)18/h1-7H,9H2,(H,17,18). The topological polar surface area (TPSA) is 108 Å². The number of carbonyl (C=O) groups is 1. The Bertz CT molecular complexity index is 838. The van der Waals surface area contributed by atoms with E-state index in [1.807, 2.05) is 6.07 Å². The van der Waals surface area contributed by atoms with Crippen molar-refractivity contribution >= 4 is 15.8 Å². The van der Waals surface area contributed by atoms with Crippen molar-refractivity contribution in [1.29, 1.82) is 5.26 Å². The van der Waals surface area contributed by atoms with E-state index < -0.39 is 15.8 Å². The molecular weight excluding hydrogens is 292 g/mol. The van der Waals surface area contributed by atoms with Crippen LogP contribution in [0.25, 0.3) is 0 Å². The molecule has 106 valence electrons. The predicted molar refractivity (Wildman–Crippen MR) is 73.2 cm³/mol. The Morgan fingerprint density at radius 3 is 2.71 bits per heavy atom. The van der Waals surface area contributed by atoms with Gasteiger partial charge in [-0.1, -0.05) is 6.07 Å². The second-order valence-electron chi connectivity index (χ2n) is 4.25. The van der Waals surface area contributed by atoms with Gasteiger partial charge in [-0.05, 0) is 35.9 Å². The lowest BCUT2D eigenvalue weighted by Crippen LogP contribution is -2.07. The summed E-state index contributed by atoms with van der Waals surface area (Å²) in [6.07, 6.45) is 1.36. The molecule has 7 heteroatoms. The van der Waals surface area contributed by atoms with Gasteiger partial charge in [0.2, 0.25) is 0 Å². The monoisotopic (exact) mass is 302 g/mol. The maximum Gasteiger partial charge on any atom is 0.335 e. The van der Waals surface area contributed by atoms with Crippen molar-refractivity contribution in [3.8, 4) is 6.07 Å². The van der Waals surface area contributed by atoms with Crippen LogP contribution in [0.15, 0.2) is 47.5 Å². The summed E-state index contributed by atoms with van der Waals surface area (Å²) < 4.78 is 24.6. The third kappa shape index (κ3) is 3.43. The van der Waals surface area contributed by atoms with Crippen LogP contribution in [0.5, 0.6) is 0 Å². The number of carboxylic acids is 1. The van der Waals surface area contributed by atoms with E-state index in [9.17, 15) is 13.2 Å². The molecule has 0 bridgehead atoms. The SMILES string of the molecule is N#Cc1cc(CS(=O)(=O)c2cccc(C(=O)O)c2)ccn1. The van der Waals surface area contributed by atoms with E-state index in [1.54, 1.807) is 0 Å². The summed E-state index contributed by atoms with van der Waals surface area (Å²) in [6, 6.07) is 9.88. The number of nitrogens with zero attached hydrogens (tertiary/aromatic N) is 2. The van der Waals surface area contributed by atoms with Crippen molar-refractivity contribution in [2.24, 2.45) is 0 Å². The van der Waals surface area contributed by atoms with Crippen molar-refractivity contribution in [3.63, 3.8) is 0 Å². The summed E-state index contributed by atoms with van der Waals surface area (Å²) in [4.78, 5) is 14.6. The third-order valence-electron chi connectivity index (χ3n) is 2.74. The summed E-state index contributed by atoms with van der Waals surface area (Å²) in [7, 11) is -3.69. The van der Waals surface area contributed by atoms with Gasteiger partial charge in [0.05, 0.1) is 16.2 Å². The minimum absolute atomic E-state index is 0.0716. The maximum atomic E-state index is 12.3. The van der Waals surface area contributed by atoms with Crippen LogP contribution >= 0.6 is 0 Å². The quantitative estimate of drug-likeness (QED) is 0.919. The lowest BCUT2D eigenvalue weighted by Gasteiger charge is -2.05. The van der Waals surface area contributed by atoms with Crippen LogP contribution in [0.2, 0.25) is 0 Å². The van der Waals surface area contributed by atoms with Crippen LogP contribution in [0.3, 0.4) is 0 Å². The molecule has 0 saturated heterocycles. The number of hydrogen-bond donors (Lipinski definition) is 1. The van der Waals surface area contributed by atoms with Crippen molar-refractivity contribution in [3.05, 3.63) is 59.4 Å². The third-order valence-corrected chi connectivity index (χ3v) is 4.42. The predicted octanol–water partition coefficient (Wildman–Crippen LogP) is 1.63. The molecule has 1 heterocycles. The Morgan fingerprint density at radius 1 is 1.29 bits per heavy atom. The molecule has 0 aliphatic rings. The van der Waals surface area contributed by atoms with E-state index in [0.717, 1.165) is 6.07 Å². The molecule has 1 N–H and O–H groups in total. The lowest BCUT2D eigenvalue weighted by molar-refractivity contribution is 0.0696. The summed E-state index contributed by atoms with van der Waals surface area (Å²) in [5.41, 5.74) is 0.452. The number of sulfone groups is 1. The van der Waals surface area contributed by atoms with E-state index in [1.165, 1.54) is 36.5 Å². The molecule has 21 heavy (non-hydrogen) atoms. The molecule has 2 aromatic rings. The highest BCUT2D eigenvalue weighted by molar-refractivity contribution is 7.90. The van der Waals surface area contributed by atoms with Crippen LogP contribution < -0.4 is 0 Å². The lowest BCUT2D eigenvalue weighted by atomic mass is 10.2. The van der Waals surface area contributed by atoms with Crippen molar-refractivity contribution in [1.82, 2.24) is 4.98 Å². The molecular formula is C14H10N2O4S. The summed E-state index contributed by atoms with van der Waals surface area (Å²) in [6.45, 7) is 0. The second-order valence-corrected chi connectivity index (χ2v) is 6.24. The fraction of sp³-hybridized carbons (Fsp3) is 0.0714. The number of aromatic carboxylic acids is 1. The zero-order valence-electron chi connectivity index (χ0n) is 10.7.